The zero-order valence-corrected chi connectivity index (χ0v) is 11.6. The van der Waals surface area contributed by atoms with Gasteiger partial charge in [0.25, 0.3) is 5.91 Å². The third-order valence-electron chi connectivity index (χ3n) is 2.36. The van der Waals surface area contributed by atoms with E-state index in [-0.39, 0.29) is 5.91 Å². The quantitative estimate of drug-likeness (QED) is 0.940. The summed E-state index contributed by atoms with van der Waals surface area (Å²) in [6.07, 6.45) is 2.27. The minimum absolute atomic E-state index is 0.109. The molecule has 0 saturated heterocycles. The van der Waals surface area contributed by atoms with Crippen LogP contribution in [0.1, 0.15) is 15.2 Å². The molecular weight excluding hydrogens is 291 g/mol. The van der Waals surface area contributed by atoms with Gasteiger partial charge >= 0.3 is 0 Å². The first-order chi connectivity index (χ1) is 8.66. The van der Waals surface area contributed by atoms with Gasteiger partial charge in [0, 0.05) is 22.8 Å². The summed E-state index contributed by atoms with van der Waals surface area (Å²) in [5.41, 5.74) is 0.964. The van der Waals surface area contributed by atoms with Gasteiger partial charge in [0.05, 0.1) is 0 Å². The SMILES string of the molecule is O=C(NCCc1ccc(Cl)cc1Cl)c1ccns1. The van der Waals surface area contributed by atoms with Crippen LogP contribution in [0.4, 0.5) is 0 Å². The van der Waals surface area contributed by atoms with E-state index in [1.54, 1.807) is 24.4 Å². The standard InChI is InChI=1S/C12H10Cl2N2OS/c13-9-2-1-8(10(14)7-9)3-5-15-12(17)11-4-6-16-18-11/h1-2,4,6-7H,3,5H2,(H,15,17). The molecule has 1 N–H and O–H groups in total. The number of aromatic nitrogens is 1. The molecule has 0 bridgehead atoms. The molecule has 2 rings (SSSR count). The molecule has 0 aliphatic carbocycles. The Morgan fingerprint density at radius 2 is 2.17 bits per heavy atom. The molecule has 0 aliphatic heterocycles. The Hall–Kier alpha value is -1.10. The maximum absolute atomic E-state index is 11.6. The van der Waals surface area contributed by atoms with Gasteiger partial charge in [-0.05, 0) is 41.7 Å². The average molecular weight is 301 g/mol. The average Bonchev–Trinajstić information content (AvgIpc) is 2.85. The van der Waals surface area contributed by atoms with E-state index in [0.29, 0.717) is 27.9 Å². The van der Waals surface area contributed by atoms with Gasteiger partial charge in [0.1, 0.15) is 4.88 Å². The Bertz CT molecular complexity index is 543. The normalized spacial score (nSPS) is 10.3. The van der Waals surface area contributed by atoms with E-state index >= 15 is 0 Å². The summed E-state index contributed by atoms with van der Waals surface area (Å²) in [4.78, 5) is 12.2. The van der Waals surface area contributed by atoms with Crippen LogP contribution in [0.15, 0.2) is 30.5 Å². The Labute approximate surface area is 119 Å². The van der Waals surface area contributed by atoms with Crippen LogP contribution in [0.3, 0.4) is 0 Å². The van der Waals surface area contributed by atoms with E-state index in [2.05, 4.69) is 9.69 Å². The monoisotopic (exact) mass is 300 g/mol. The molecule has 3 nitrogen and oxygen atoms in total. The van der Waals surface area contributed by atoms with E-state index in [0.717, 1.165) is 5.56 Å². The molecule has 18 heavy (non-hydrogen) atoms. The van der Waals surface area contributed by atoms with Gasteiger partial charge in [-0.1, -0.05) is 29.3 Å². The van der Waals surface area contributed by atoms with E-state index in [4.69, 9.17) is 23.2 Å². The van der Waals surface area contributed by atoms with Gasteiger partial charge in [-0.2, -0.15) is 0 Å². The van der Waals surface area contributed by atoms with Gasteiger partial charge in [0.15, 0.2) is 0 Å². The lowest BCUT2D eigenvalue weighted by Crippen LogP contribution is -2.24. The predicted octanol–water partition coefficient (Wildman–Crippen LogP) is 3.42. The Balaban J connectivity index is 1.87. The highest BCUT2D eigenvalue weighted by atomic mass is 35.5. The predicted molar refractivity (Wildman–Crippen MR) is 74.6 cm³/mol. The lowest BCUT2D eigenvalue weighted by molar-refractivity contribution is 0.0958. The van der Waals surface area contributed by atoms with Crippen molar-refractivity contribution in [3.63, 3.8) is 0 Å². The molecule has 0 unspecified atom stereocenters. The van der Waals surface area contributed by atoms with E-state index < -0.39 is 0 Å². The first-order valence-electron chi connectivity index (χ1n) is 5.29. The molecule has 0 spiro atoms. The molecule has 0 aliphatic rings. The fourth-order valence-corrected chi connectivity index (χ4v) is 2.47. The van der Waals surface area contributed by atoms with Gasteiger partial charge < -0.3 is 5.32 Å². The minimum Gasteiger partial charge on any atom is -0.351 e. The second kappa shape index (κ2) is 6.18. The third-order valence-corrected chi connectivity index (χ3v) is 3.69. The van der Waals surface area contributed by atoms with Crippen molar-refractivity contribution in [3.8, 4) is 0 Å². The summed E-state index contributed by atoms with van der Waals surface area (Å²) in [6, 6.07) is 7.04. The number of amides is 1. The highest BCUT2D eigenvalue weighted by molar-refractivity contribution is 7.08. The number of carbonyl (C=O) groups excluding carboxylic acids is 1. The maximum Gasteiger partial charge on any atom is 0.262 e. The van der Waals surface area contributed by atoms with Crippen molar-refractivity contribution in [2.45, 2.75) is 6.42 Å². The van der Waals surface area contributed by atoms with E-state index in [1.165, 1.54) is 11.5 Å². The summed E-state index contributed by atoms with van der Waals surface area (Å²) >= 11 is 13.0. The smallest absolute Gasteiger partial charge is 0.262 e. The highest BCUT2D eigenvalue weighted by Crippen LogP contribution is 2.21. The molecule has 6 heteroatoms. The molecule has 1 aromatic carbocycles. The van der Waals surface area contributed by atoms with Gasteiger partial charge in [-0.25, -0.2) is 4.37 Å². The zero-order valence-electron chi connectivity index (χ0n) is 9.32. The molecule has 0 radical (unpaired) electrons. The fraction of sp³-hybridized carbons (Fsp3) is 0.167. The second-order valence-corrected chi connectivity index (χ2v) is 5.30. The second-order valence-electron chi connectivity index (χ2n) is 3.62. The Morgan fingerprint density at radius 3 is 2.83 bits per heavy atom. The summed E-state index contributed by atoms with van der Waals surface area (Å²) < 4.78 is 3.88. The molecule has 1 amide bonds. The third kappa shape index (κ3) is 3.45. The van der Waals surface area contributed by atoms with Crippen molar-refractivity contribution in [3.05, 3.63) is 50.9 Å². The van der Waals surface area contributed by atoms with Crippen LogP contribution in [-0.2, 0) is 6.42 Å². The van der Waals surface area contributed by atoms with Crippen LogP contribution in [0.25, 0.3) is 0 Å². The number of hydrogen-bond donors (Lipinski definition) is 1. The summed E-state index contributed by atoms with van der Waals surface area (Å²) in [5, 5.41) is 4.04. The number of nitrogens with one attached hydrogen (secondary N) is 1. The molecular formula is C12H10Cl2N2OS. The lowest BCUT2D eigenvalue weighted by atomic mass is 10.1. The number of rotatable bonds is 4. The van der Waals surface area contributed by atoms with Crippen molar-refractivity contribution in [2.75, 3.05) is 6.54 Å². The topological polar surface area (TPSA) is 42.0 Å². The summed E-state index contributed by atoms with van der Waals surface area (Å²) in [6.45, 7) is 0.526. The molecule has 94 valence electrons. The molecule has 0 fully saturated rings. The first kappa shape index (κ1) is 13.3. The molecule has 0 saturated carbocycles. The Kier molecular flexibility index (Phi) is 4.58. The summed E-state index contributed by atoms with van der Waals surface area (Å²) in [7, 11) is 0. The minimum atomic E-state index is -0.109. The van der Waals surface area contributed by atoms with Crippen molar-refractivity contribution in [1.82, 2.24) is 9.69 Å². The van der Waals surface area contributed by atoms with Crippen molar-refractivity contribution >= 4 is 40.6 Å². The maximum atomic E-state index is 11.6. The highest BCUT2D eigenvalue weighted by Gasteiger charge is 2.07. The summed E-state index contributed by atoms with van der Waals surface area (Å²) in [5.74, 6) is -0.109. The van der Waals surface area contributed by atoms with E-state index in [1.807, 2.05) is 6.07 Å². The van der Waals surface area contributed by atoms with Crippen molar-refractivity contribution < 1.29 is 4.79 Å². The van der Waals surface area contributed by atoms with Crippen LogP contribution in [0, 0.1) is 0 Å². The first-order valence-corrected chi connectivity index (χ1v) is 6.82. The Morgan fingerprint density at radius 1 is 1.33 bits per heavy atom. The molecule has 0 atom stereocenters. The van der Waals surface area contributed by atoms with Gasteiger partial charge in [-0.15, -0.1) is 0 Å². The van der Waals surface area contributed by atoms with Crippen LogP contribution < -0.4 is 5.32 Å². The van der Waals surface area contributed by atoms with Crippen LogP contribution in [0.5, 0.6) is 0 Å². The van der Waals surface area contributed by atoms with Crippen molar-refractivity contribution in [2.24, 2.45) is 0 Å². The van der Waals surface area contributed by atoms with E-state index in [9.17, 15) is 4.79 Å². The van der Waals surface area contributed by atoms with Crippen LogP contribution >= 0.6 is 34.7 Å². The van der Waals surface area contributed by atoms with Gasteiger partial charge in [-0.3, -0.25) is 4.79 Å². The fourth-order valence-electron chi connectivity index (χ4n) is 1.46. The number of carbonyl (C=O) groups is 1. The molecule has 1 aromatic heterocycles. The van der Waals surface area contributed by atoms with Crippen LogP contribution in [-0.4, -0.2) is 16.8 Å². The number of nitrogens with zero attached hydrogens (tertiary/aromatic N) is 1. The number of halogens is 2. The van der Waals surface area contributed by atoms with Crippen molar-refractivity contribution in [1.29, 1.82) is 0 Å². The number of benzene rings is 1. The largest absolute Gasteiger partial charge is 0.351 e. The van der Waals surface area contributed by atoms with Crippen LogP contribution in [0.2, 0.25) is 10.0 Å². The molecule has 2 aromatic rings. The zero-order chi connectivity index (χ0) is 13.0. The van der Waals surface area contributed by atoms with Gasteiger partial charge in [0.2, 0.25) is 0 Å². The number of hydrogen-bond acceptors (Lipinski definition) is 3. The lowest BCUT2D eigenvalue weighted by Gasteiger charge is -2.06. The molecule has 1 heterocycles.